The van der Waals surface area contributed by atoms with Gasteiger partial charge in [0.25, 0.3) is 0 Å². The van der Waals surface area contributed by atoms with Crippen molar-refractivity contribution >= 4 is 28.3 Å². The summed E-state index contributed by atoms with van der Waals surface area (Å²) < 4.78 is 130. The predicted octanol–water partition coefficient (Wildman–Crippen LogP) is 6.68. The molecule has 0 saturated carbocycles. The number of hydrogen-bond acceptors (Lipinski definition) is 7. The van der Waals surface area contributed by atoms with Crippen LogP contribution in [0.2, 0.25) is 0 Å². The van der Waals surface area contributed by atoms with Crippen LogP contribution in [-0.4, -0.2) is 55.3 Å². The van der Waals surface area contributed by atoms with Gasteiger partial charge in [0, 0.05) is 7.05 Å². The highest BCUT2D eigenvalue weighted by Crippen LogP contribution is 2.38. The molecule has 8 nitrogen and oxygen atoms in total. The summed E-state index contributed by atoms with van der Waals surface area (Å²) in [6.45, 7) is -4.63. The number of amides is 2. The largest absolute Gasteiger partial charge is 0.468 e. The van der Waals surface area contributed by atoms with Gasteiger partial charge in [0.1, 0.15) is 11.6 Å². The Morgan fingerprint density at radius 2 is 1.41 bits per heavy atom. The Hall–Kier alpha value is -3.80. The number of urea groups is 1. The summed E-state index contributed by atoms with van der Waals surface area (Å²) in [5.74, 6) is -2.61. The first-order valence-electron chi connectivity index (χ1n) is 11.1. The number of alkyl halides is 9. The number of thiophene rings is 1. The molecule has 1 aromatic carbocycles. The average Bonchev–Trinajstić information content (AvgIpc) is 3.39. The highest BCUT2D eigenvalue weighted by Gasteiger charge is 2.35. The number of carbonyl (C=O) groups is 1. The van der Waals surface area contributed by atoms with E-state index in [9.17, 15) is 44.3 Å². The molecule has 41 heavy (non-hydrogen) atoms. The molecule has 0 aliphatic carbocycles. The Morgan fingerprint density at radius 3 is 1.90 bits per heavy atom. The topological polar surface area (TPSA) is 77.0 Å². The molecule has 224 valence electrons. The second kappa shape index (κ2) is 12.8. The summed E-state index contributed by atoms with van der Waals surface area (Å²) in [6.07, 6.45) is -14.4. The average molecular weight is 618 g/mol. The Morgan fingerprint density at radius 1 is 0.854 bits per heavy atom. The molecule has 0 aliphatic rings. The van der Waals surface area contributed by atoms with Crippen LogP contribution in [0.3, 0.4) is 0 Å². The van der Waals surface area contributed by atoms with Crippen LogP contribution >= 0.6 is 11.3 Å². The summed E-state index contributed by atoms with van der Waals surface area (Å²) >= 11 is 0.210. The van der Waals surface area contributed by atoms with Crippen molar-refractivity contribution in [1.82, 2.24) is 9.97 Å². The molecular weight excluding hydrogens is 599 g/mol. The summed E-state index contributed by atoms with van der Waals surface area (Å²) in [7, 11) is 1.09. The maximum absolute atomic E-state index is 13.4. The maximum atomic E-state index is 13.4. The monoisotopic (exact) mass is 618 g/mol. The Balaban J connectivity index is 1.97. The van der Waals surface area contributed by atoms with Crippen molar-refractivity contribution in [3.8, 4) is 11.8 Å². The summed E-state index contributed by atoms with van der Waals surface area (Å²) in [6, 6.07) is 9.53. The van der Waals surface area contributed by atoms with E-state index < -0.39 is 67.1 Å². The molecule has 2 amide bonds. The molecule has 0 bridgehead atoms. The molecule has 0 fully saturated rings. The second-order valence-electron chi connectivity index (χ2n) is 8.02. The molecule has 0 atom stereocenters. The number of halogens is 9. The Labute approximate surface area is 229 Å². The molecule has 0 aliphatic heterocycles. The van der Waals surface area contributed by atoms with E-state index in [1.54, 1.807) is 30.3 Å². The third kappa shape index (κ3) is 9.96. The minimum Gasteiger partial charge on any atom is -0.468 e. The number of rotatable bonds is 10. The van der Waals surface area contributed by atoms with Crippen molar-refractivity contribution < 1.29 is 58.5 Å². The van der Waals surface area contributed by atoms with E-state index in [0.29, 0.717) is 16.5 Å². The van der Waals surface area contributed by atoms with Gasteiger partial charge in [0.2, 0.25) is 17.7 Å². The first-order chi connectivity index (χ1) is 19.0. The van der Waals surface area contributed by atoms with E-state index in [1.807, 2.05) is 0 Å². The predicted molar refractivity (Wildman–Crippen MR) is 127 cm³/mol. The molecule has 2 aromatic heterocycles. The van der Waals surface area contributed by atoms with Gasteiger partial charge in [0.15, 0.2) is 13.2 Å². The van der Waals surface area contributed by atoms with Crippen LogP contribution in [0.5, 0.6) is 11.8 Å². The lowest BCUT2D eigenvalue weighted by atomic mass is 10.2. The Kier molecular flexibility index (Phi) is 9.90. The lowest BCUT2D eigenvalue weighted by Crippen LogP contribution is -2.43. The van der Waals surface area contributed by atoms with Crippen LogP contribution < -0.4 is 19.3 Å². The minimum absolute atomic E-state index is 0.118. The third-order valence-corrected chi connectivity index (χ3v) is 5.93. The number of anilines is 2. The van der Waals surface area contributed by atoms with Gasteiger partial charge in [-0.05, 0) is 17.7 Å². The fourth-order valence-electron chi connectivity index (χ4n) is 2.94. The van der Waals surface area contributed by atoms with Gasteiger partial charge in [-0.1, -0.05) is 30.3 Å². The van der Waals surface area contributed by atoms with E-state index in [-0.39, 0.29) is 22.9 Å². The zero-order valence-corrected chi connectivity index (χ0v) is 21.5. The van der Waals surface area contributed by atoms with Crippen LogP contribution in [0, 0.1) is 0 Å². The smallest absolute Gasteiger partial charge is 0.425 e. The van der Waals surface area contributed by atoms with Gasteiger partial charge >= 0.3 is 24.6 Å². The molecule has 0 saturated heterocycles. The zero-order chi connectivity index (χ0) is 30.4. The van der Waals surface area contributed by atoms with Crippen molar-refractivity contribution in [3.63, 3.8) is 0 Å². The number of ether oxygens (including phenoxy) is 3. The van der Waals surface area contributed by atoms with Crippen LogP contribution in [0.15, 0.2) is 48.5 Å². The molecule has 2 heterocycles. The fraction of sp³-hybridized carbons (Fsp3) is 0.348. The van der Waals surface area contributed by atoms with E-state index in [4.69, 9.17) is 4.74 Å². The van der Waals surface area contributed by atoms with Gasteiger partial charge in [-0.2, -0.15) is 49.5 Å². The standard InChI is InChI=1S/C23H19F9N4O4S/c1-35(18-8-7-15(41-18)23(30,31)32)20(37)36(13-38-10-14-5-3-2-4-6-14)19-33-16(39-11-21(24,25)26)9-17(34-19)40-12-22(27,28)29/h2-9H,10-13H2,1H3. The summed E-state index contributed by atoms with van der Waals surface area (Å²) in [4.78, 5) is 21.0. The van der Waals surface area contributed by atoms with E-state index >= 15 is 0 Å². The van der Waals surface area contributed by atoms with Gasteiger partial charge in [-0.25, -0.2) is 9.69 Å². The number of aromatic nitrogens is 2. The van der Waals surface area contributed by atoms with Crippen LogP contribution in [0.25, 0.3) is 0 Å². The number of carbonyl (C=O) groups excluding carboxylic acids is 1. The second-order valence-corrected chi connectivity index (χ2v) is 9.08. The molecular formula is C23H19F9N4O4S. The van der Waals surface area contributed by atoms with Crippen molar-refractivity contribution in [1.29, 1.82) is 0 Å². The third-order valence-electron chi connectivity index (χ3n) is 4.73. The van der Waals surface area contributed by atoms with Crippen molar-refractivity contribution in [2.75, 3.05) is 36.8 Å². The van der Waals surface area contributed by atoms with Crippen molar-refractivity contribution in [3.05, 3.63) is 59.0 Å². The van der Waals surface area contributed by atoms with Crippen LogP contribution in [-0.2, 0) is 17.5 Å². The Bertz CT molecular complexity index is 1260. The lowest BCUT2D eigenvalue weighted by molar-refractivity contribution is -0.154. The van der Waals surface area contributed by atoms with E-state index in [2.05, 4.69) is 19.4 Å². The van der Waals surface area contributed by atoms with Gasteiger partial charge < -0.3 is 14.2 Å². The first-order valence-corrected chi connectivity index (χ1v) is 12.0. The molecule has 3 aromatic rings. The SMILES string of the molecule is CN(C(=O)N(COCc1ccccc1)c1nc(OCC(F)(F)F)cc(OCC(F)(F)F)n1)c1ccc(C(F)(F)F)s1. The quantitative estimate of drug-likeness (QED) is 0.187. The number of hydrogen-bond donors (Lipinski definition) is 0. The normalized spacial score (nSPS) is 12.2. The minimum atomic E-state index is -4.86. The van der Waals surface area contributed by atoms with Gasteiger partial charge in [-0.15, -0.1) is 11.3 Å². The van der Waals surface area contributed by atoms with Crippen LogP contribution in [0.4, 0.5) is 55.3 Å². The van der Waals surface area contributed by atoms with Crippen LogP contribution in [0.1, 0.15) is 10.4 Å². The molecule has 0 radical (unpaired) electrons. The maximum Gasteiger partial charge on any atom is 0.425 e. The number of benzene rings is 1. The first kappa shape index (κ1) is 31.7. The molecule has 3 rings (SSSR count). The van der Waals surface area contributed by atoms with E-state index in [0.717, 1.165) is 24.1 Å². The molecule has 0 N–H and O–H groups in total. The molecule has 0 unspecified atom stereocenters. The fourth-order valence-corrected chi connectivity index (χ4v) is 3.76. The summed E-state index contributed by atoms with van der Waals surface area (Å²) in [5.41, 5.74) is 0.624. The molecule has 18 heteroatoms. The van der Waals surface area contributed by atoms with Crippen molar-refractivity contribution in [2.45, 2.75) is 25.1 Å². The summed E-state index contributed by atoms with van der Waals surface area (Å²) in [5, 5.41) is -0.201. The molecule has 0 spiro atoms. The highest BCUT2D eigenvalue weighted by atomic mass is 32.1. The zero-order valence-electron chi connectivity index (χ0n) is 20.7. The number of nitrogens with zero attached hydrogens (tertiary/aromatic N) is 4. The van der Waals surface area contributed by atoms with Gasteiger partial charge in [-0.3, -0.25) is 4.90 Å². The van der Waals surface area contributed by atoms with Crippen molar-refractivity contribution in [2.24, 2.45) is 0 Å². The highest BCUT2D eigenvalue weighted by molar-refractivity contribution is 7.16. The van der Waals surface area contributed by atoms with E-state index in [1.165, 1.54) is 0 Å². The van der Waals surface area contributed by atoms with Gasteiger partial charge in [0.05, 0.1) is 17.7 Å². The lowest BCUT2D eigenvalue weighted by Gasteiger charge is -2.26.